The van der Waals surface area contributed by atoms with Gasteiger partial charge in [-0.15, -0.1) is 12.4 Å². The summed E-state index contributed by atoms with van der Waals surface area (Å²) in [6, 6.07) is 6.06. The van der Waals surface area contributed by atoms with E-state index in [4.69, 9.17) is 0 Å². The minimum Gasteiger partial charge on any atom is -0.352 e. The van der Waals surface area contributed by atoms with Crippen molar-refractivity contribution < 1.29 is 9.18 Å². The van der Waals surface area contributed by atoms with Crippen LogP contribution in [0.15, 0.2) is 30.5 Å². The number of nitrogens with zero attached hydrogens (tertiary/aromatic N) is 2. The molecule has 0 spiro atoms. The van der Waals surface area contributed by atoms with Crippen LogP contribution in [0.5, 0.6) is 0 Å². The highest BCUT2D eigenvalue weighted by Gasteiger charge is 2.16. The van der Waals surface area contributed by atoms with E-state index in [-0.39, 0.29) is 24.1 Å². The van der Waals surface area contributed by atoms with Crippen LogP contribution in [-0.4, -0.2) is 35.8 Å². The first-order chi connectivity index (χ1) is 10.7. The van der Waals surface area contributed by atoms with Crippen LogP contribution in [0.3, 0.4) is 0 Å². The molecule has 0 unspecified atom stereocenters. The minimum absolute atomic E-state index is 0. The van der Waals surface area contributed by atoms with Gasteiger partial charge in [-0.05, 0) is 50.7 Å². The van der Waals surface area contributed by atoms with E-state index >= 15 is 0 Å². The highest BCUT2D eigenvalue weighted by molar-refractivity contribution is 5.95. The predicted molar refractivity (Wildman–Crippen MR) is 91.0 cm³/mol. The topological polar surface area (TPSA) is 59.0 Å². The number of hydrogen-bond donors (Lipinski definition) is 2. The van der Waals surface area contributed by atoms with Crippen molar-refractivity contribution in [2.75, 3.05) is 20.1 Å². The number of rotatable bonds is 7. The molecule has 23 heavy (non-hydrogen) atoms. The van der Waals surface area contributed by atoms with Crippen molar-refractivity contribution in [3.63, 3.8) is 0 Å². The smallest absolute Gasteiger partial charge is 0.254 e. The Kier molecular flexibility index (Phi) is 7.71. The van der Waals surface area contributed by atoms with Gasteiger partial charge < -0.3 is 10.6 Å². The summed E-state index contributed by atoms with van der Waals surface area (Å²) in [5.41, 5.74) is 2.13. The summed E-state index contributed by atoms with van der Waals surface area (Å²) in [6.45, 7) is 3.44. The van der Waals surface area contributed by atoms with Gasteiger partial charge in [0, 0.05) is 6.54 Å². The maximum Gasteiger partial charge on any atom is 0.254 e. The van der Waals surface area contributed by atoms with E-state index in [9.17, 15) is 9.18 Å². The predicted octanol–water partition coefficient (Wildman–Crippen LogP) is 2.33. The summed E-state index contributed by atoms with van der Waals surface area (Å²) in [6.07, 6.45) is 3.10. The molecule has 0 aliphatic carbocycles. The van der Waals surface area contributed by atoms with Crippen LogP contribution in [-0.2, 0) is 6.42 Å². The number of benzene rings is 1. The first-order valence-corrected chi connectivity index (χ1v) is 7.43. The zero-order valence-corrected chi connectivity index (χ0v) is 14.1. The highest BCUT2D eigenvalue weighted by atomic mass is 35.5. The molecule has 0 fully saturated rings. The number of amides is 1. The van der Waals surface area contributed by atoms with E-state index in [1.165, 1.54) is 12.1 Å². The molecule has 1 amide bonds. The molecular weight excluding hydrogens is 319 g/mol. The SMILES string of the molecule is CCc1c(C(=O)NCCCNC)cnn1-c1ccc(F)cc1.Cl. The number of carbonyl (C=O) groups is 1. The average molecular weight is 341 g/mol. The van der Waals surface area contributed by atoms with E-state index in [0.717, 1.165) is 24.3 Å². The monoisotopic (exact) mass is 340 g/mol. The third-order valence-corrected chi connectivity index (χ3v) is 3.41. The molecule has 2 rings (SSSR count). The van der Waals surface area contributed by atoms with Gasteiger partial charge in [0.2, 0.25) is 0 Å². The van der Waals surface area contributed by atoms with Crippen LogP contribution in [0.4, 0.5) is 4.39 Å². The zero-order valence-electron chi connectivity index (χ0n) is 13.3. The lowest BCUT2D eigenvalue weighted by atomic mass is 10.2. The Morgan fingerprint density at radius 2 is 1.96 bits per heavy atom. The van der Waals surface area contributed by atoms with Gasteiger partial charge in [-0.25, -0.2) is 9.07 Å². The molecule has 0 aliphatic rings. The van der Waals surface area contributed by atoms with Crippen LogP contribution in [0.1, 0.15) is 29.4 Å². The molecule has 2 N–H and O–H groups in total. The molecular formula is C16H22ClFN4O. The maximum atomic E-state index is 13.0. The Hall–Kier alpha value is -1.92. The van der Waals surface area contributed by atoms with Crippen LogP contribution in [0.2, 0.25) is 0 Å². The van der Waals surface area contributed by atoms with Gasteiger partial charge >= 0.3 is 0 Å². The summed E-state index contributed by atoms with van der Waals surface area (Å²) >= 11 is 0. The lowest BCUT2D eigenvalue weighted by Gasteiger charge is -2.08. The van der Waals surface area contributed by atoms with Gasteiger partial charge in [0.15, 0.2) is 0 Å². The van der Waals surface area contributed by atoms with Crippen molar-refractivity contribution in [2.45, 2.75) is 19.8 Å². The fraction of sp³-hybridized carbons (Fsp3) is 0.375. The Labute approximate surface area is 141 Å². The Balaban J connectivity index is 0.00000264. The maximum absolute atomic E-state index is 13.0. The normalized spacial score (nSPS) is 10.2. The van der Waals surface area contributed by atoms with Crippen molar-refractivity contribution >= 4 is 18.3 Å². The van der Waals surface area contributed by atoms with Crippen molar-refractivity contribution in [3.05, 3.63) is 47.5 Å². The quantitative estimate of drug-likeness (QED) is 0.761. The number of carbonyl (C=O) groups excluding carboxylic acids is 1. The average Bonchev–Trinajstić information content (AvgIpc) is 2.96. The second-order valence-electron chi connectivity index (χ2n) is 4.96. The first-order valence-electron chi connectivity index (χ1n) is 7.43. The molecule has 0 atom stereocenters. The second kappa shape index (κ2) is 9.27. The van der Waals surface area contributed by atoms with Crippen LogP contribution >= 0.6 is 12.4 Å². The molecule has 1 aromatic heterocycles. The Bertz CT molecular complexity index is 628. The van der Waals surface area contributed by atoms with E-state index < -0.39 is 0 Å². The van der Waals surface area contributed by atoms with E-state index in [1.807, 2.05) is 14.0 Å². The molecule has 1 heterocycles. The summed E-state index contributed by atoms with van der Waals surface area (Å²) in [4.78, 5) is 12.2. The largest absolute Gasteiger partial charge is 0.352 e. The molecule has 0 saturated carbocycles. The summed E-state index contributed by atoms with van der Waals surface area (Å²) in [5.74, 6) is -0.419. The Morgan fingerprint density at radius 1 is 1.26 bits per heavy atom. The number of aromatic nitrogens is 2. The van der Waals surface area contributed by atoms with Gasteiger partial charge in [-0.3, -0.25) is 4.79 Å². The van der Waals surface area contributed by atoms with Gasteiger partial charge in [-0.1, -0.05) is 6.92 Å². The molecule has 2 aromatic rings. The molecule has 1 aromatic carbocycles. The fourth-order valence-electron chi connectivity index (χ4n) is 2.27. The number of halogens is 2. The van der Waals surface area contributed by atoms with Crippen LogP contribution < -0.4 is 10.6 Å². The minimum atomic E-state index is -0.295. The molecule has 0 bridgehead atoms. The van der Waals surface area contributed by atoms with Crippen LogP contribution in [0, 0.1) is 5.82 Å². The molecule has 126 valence electrons. The standard InChI is InChI=1S/C16H21FN4O.ClH/c1-3-15-14(16(22)19-10-4-9-18-2)11-20-21(15)13-7-5-12(17)6-8-13;/h5-8,11,18H,3-4,9-10H2,1-2H3,(H,19,22);1H. The summed E-state index contributed by atoms with van der Waals surface area (Å²) in [7, 11) is 1.88. The molecule has 0 radical (unpaired) electrons. The highest BCUT2D eigenvalue weighted by Crippen LogP contribution is 2.16. The van der Waals surface area contributed by atoms with E-state index in [2.05, 4.69) is 15.7 Å². The van der Waals surface area contributed by atoms with Crippen LogP contribution in [0.25, 0.3) is 5.69 Å². The third-order valence-electron chi connectivity index (χ3n) is 3.41. The third kappa shape index (κ3) is 4.77. The molecule has 0 saturated heterocycles. The summed E-state index contributed by atoms with van der Waals surface area (Å²) in [5, 5.41) is 10.2. The van der Waals surface area contributed by atoms with E-state index in [0.29, 0.717) is 18.5 Å². The van der Waals surface area contributed by atoms with Gasteiger partial charge in [-0.2, -0.15) is 5.10 Å². The first kappa shape index (κ1) is 19.1. The molecule has 5 nitrogen and oxygen atoms in total. The fourth-order valence-corrected chi connectivity index (χ4v) is 2.27. The number of hydrogen-bond acceptors (Lipinski definition) is 3. The van der Waals surface area contributed by atoms with E-state index in [1.54, 1.807) is 23.0 Å². The van der Waals surface area contributed by atoms with Gasteiger partial charge in [0.05, 0.1) is 23.1 Å². The molecule has 7 heteroatoms. The van der Waals surface area contributed by atoms with Gasteiger partial charge in [0.1, 0.15) is 5.82 Å². The second-order valence-corrected chi connectivity index (χ2v) is 4.96. The number of nitrogens with one attached hydrogen (secondary N) is 2. The lowest BCUT2D eigenvalue weighted by Crippen LogP contribution is -2.27. The van der Waals surface area contributed by atoms with Crippen molar-refractivity contribution in [1.82, 2.24) is 20.4 Å². The zero-order chi connectivity index (χ0) is 15.9. The summed E-state index contributed by atoms with van der Waals surface area (Å²) < 4.78 is 14.7. The van der Waals surface area contributed by atoms with Crippen molar-refractivity contribution in [2.24, 2.45) is 0 Å². The molecule has 0 aliphatic heterocycles. The Morgan fingerprint density at radius 3 is 2.57 bits per heavy atom. The van der Waals surface area contributed by atoms with Crippen molar-refractivity contribution in [1.29, 1.82) is 0 Å². The van der Waals surface area contributed by atoms with Gasteiger partial charge in [0.25, 0.3) is 5.91 Å². The van der Waals surface area contributed by atoms with Crippen molar-refractivity contribution in [3.8, 4) is 5.69 Å². The lowest BCUT2D eigenvalue weighted by molar-refractivity contribution is 0.0952.